The van der Waals surface area contributed by atoms with Gasteiger partial charge in [-0.05, 0) is 36.6 Å². The molecule has 5 rings (SSSR count). The number of hydrogen-bond donors (Lipinski definition) is 1. The molecule has 0 saturated carbocycles. The minimum atomic E-state index is -0.0429. The predicted molar refractivity (Wildman–Crippen MR) is 114 cm³/mol. The lowest BCUT2D eigenvalue weighted by atomic mass is 10.2. The first-order valence-electron chi connectivity index (χ1n) is 9.71. The van der Waals surface area contributed by atoms with Crippen molar-refractivity contribution in [3.63, 3.8) is 0 Å². The first-order valence-corrected chi connectivity index (χ1v) is 9.71. The van der Waals surface area contributed by atoms with Crippen LogP contribution in [0.25, 0.3) is 16.6 Å². The van der Waals surface area contributed by atoms with Gasteiger partial charge in [0.15, 0.2) is 5.84 Å². The van der Waals surface area contributed by atoms with Crippen molar-refractivity contribution < 1.29 is 9.57 Å². The Hall–Kier alpha value is -3.81. The van der Waals surface area contributed by atoms with Gasteiger partial charge in [-0.15, -0.1) is 0 Å². The van der Waals surface area contributed by atoms with E-state index in [4.69, 9.17) is 9.57 Å². The van der Waals surface area contributed by atoms with E-state index in [0.29, 0.717) is 24.0 Å². The molecule has 1 aromatic carbocycles. The van der Waals surface area contributed by atoms with E-state index in [9.17, 15) is 0 Å². The first-order chi connectivity index (χ1) is 14.6. The molecule has 0 spiro atoms. The van der Waals surface area contributed by atoms with E-state index < -0.39 is 0 Å². The number of oxime groups is 1. The fourth-order valence-electron chi connectivity index (χ4n) is 3.80. The van der Waals surface area contributed by atoms with Gasteiger partial charge in [0, 0.05) is 24.5 Å². The Kier molecular flexibility index (Phi) is 4.39. The molecule has 30 heavy (non-hydrogen) atoms. The molecule has 8 heteroatoms. The molecule has 1 atom stereocenters. The second-order valence-corrected chi connectivity index (χ2v) is 7.27. The van der Waals surface area contributed by atoms with Gasteiger partial charge in [-0.25, -0.2) is 9.97 Å². The van der Waals surface area contributed by atoms with Crippen molar-refractivity contribution in [1.29, 1.82) is 0 Å². The average molecular weight is 402 g/mol. The molecule has 0 fully saturated rings. The third kappa shape index (κ3) is 3.06. The van der Waals surface area contributed by atoms with Crippen LogP contribution in [0.2, 0.25) is 0 Å². The Morgan fingerprint density at radius 1 is 1.20 bits per heavy atom. The number of ether oxygens (including phenoxy) is 1. The Bertz CT molecular complexity index is 1260. The Morgan fingerprint density at radius 2 is 2.07 bits per heavy atom. The fourth-order valence-corrected chi connectivity index (χ4v) is 3.80. The van der Waals surface area contributed by atoms with Crippen molar-refractivity contribution in [1.82, 2.24) is 24.4 Å². The maximum atomic E-state index is 5.56. The van der Waals surface area contributed by atoms with E-state index in [2.05, 4.69) is 50.3 Å². The monoisotopic (exact) mass is 402 g/mol. The number of fused-ring (bicyclic) bond motifs is 1. The maximum Gasteiger partial charge on any atom is 0.238 e. The zero-order valence-electron chi connectivity index (χ0n) is 17.0. The minimum Gasteiger partial charge on any atom is -0.479 e. The summed E-state index contributed by atoms with van der Waals surface area (Å²) in [5.74, 6) is 1.06. The van der Waals surface area contributed by atoms with Gasteiger partial charge < -0.3 is 24.0 Å². The van der Waals surface area contributed by atoms with Crippen molar-refractivity contribution >= 4 is 16.7 Å². The van der Waals surface area contributed by atoms with E-state index in [1.807, 2.05) is 42.0 Å². The standard InChI is InChI=1S/C22H22N6O2/c1-14-11-28(13-23-14)19-9-8-16(25-22(19)29-3)21-24-17(12-30-26-21)20-10-15-6-4-5-7-18(15)27(20)2/h4-11,13,17H,12H2,1-3H3,(H,24,26). The molecule has 0 saturated heterocycles. The number of para-hydroxylation sites is 1. The number of nitrogens with zero attached hydrogens (tertiary/aromatic N) is 5. The number of pyridine rings is 1. The number of aryl methyl sites for hydroxylation is 2. The number of aromatic nitrogens is 4. The summed E-state index contributed by atoms with van der Waals surface area (Å²) in [5.41, 5.74) is 4.69. The molecule has 1 aliphatic heterocycles. The highest BCUT2D eigenvalue weighted by molar-refractivity contribution is 5.97. The molecule has 0 aliphatic carbocycles. The lowest BCUT2D eigenvalue weighted by Gasteiger charge is -2.24. The molecule has 0 amide bonds. The summed E-state index contributed by atoms with van der Waals surface area (Å²) in [6, 6.07) is 14.3. The predicted octanol–water partition coefficient (Wildman–Crippen LogP) is 3.10. The van der Waals surface area contributed by atoms with Gasteiger partial charge in [0.05, 0.1) is 19.1 Å². The second-order valence-electron chi connectivity index (χ2n) is 7.27. The summed E-state index contributed by atoms with van der Waals surface area (Å²) >= 11 is 0. The SMILES string of the molecule is COc1nc(C2=NOCC(c3cc4ccccc4n3C)N2)ccc1-n1cnc(C)c1. The largest absolute Gasteiger partial charge is 0.479 e. The third-order valence-corrected chi connectivity index (χ3v) is 5.32. The molecule has 0 radical (unpaired) electrons. The summed E-state index contributed by atoms with van der Waals surface area (Å²) < 4.78 is 9.59. The van der Waals surface area contributed by atoms with Crippen LogP contribution in [-0.2, 0) is 11.9 Å². The molecule has 3 aromatic heterocycles. The number of benzene rings is 1. The van der Waals surface area contributed by atoms with E-state index in [0.717, 1.165) is 17.1 Å². The van der Waals surface area contributed by atoms with E-state index >= 15 is 0 Å². The molecule has 4 heterocycles. The number of nitrogens with one attached hydrogen (secondary N) is 1. The second kappa shape index (κ2) is 7.22. The van der Waals surface area contributed by atoms with Gasteiger partial charge in [0.25, 0.3) is 0 Å². The number of rotatable bonds is 4. The summed E-state index contributed by atoms with van der Waals surface area (Å²) in [4.78, 5) is 14.5. The minimum absolute atomic E-state index is 0.0429. The highest BCUT2D eigenvalue weighted by atomic mass is 16.6. The fraction of sp³-hybridized carbons (Fsp3) is 0.227. The van der Waals surface area contributed by atoms with E-state index in [1.165, 1.54) is 10.9 Å². The van der Waals surface area contributed by atoms with Gasteiger partial charge in [-0.3, -0.25) is 0 Å². The number of amidine groups is 1. The Balaban J connectivity index is 1.46. The summed E-state index contributed by atoms with van der Waals surface area (Å²) in [6.45, 7) is 2.38. The third-order valence-electron chi connectivity index (χ3n) is 5.32. The van der Waals surface area contributed by atoms with Gasteiger partial charge in [0.1, 0.15) is 24.0 Å². The van der Waals surface area contributed by atoms with Crippen LogP contribution in [0.15, 0.2) is 60.1 Å². The first kappa shape index (κ1) is 18.2. The molecular formula is C22H22N6O2. The average Bonchev–Trinajstić information content (AvgIpc) is 3.37. The van der Waals surface area contributed by atoms with Crippen LogP contribution in [0.5, 0.6) is 5.88 Å². The smallest absolute Gasteiger partial charge is 0.238 e. The van der Waals surface area contributed by atoms with Gasteiger partial charge in [-0.1, -0.05) is 23.4 Å². The molecule has 1 N–H and O–H groups in total. The van der Waals surface area contributed by atoms with Crippen LogP contribution in [0, 0.1) is 6.92 Å². The van der Waals surface area contributed by atoms with Crippen LogP contribution < -0.4 is 10.1 Å². The van der Waals surface area contributed by atoms with Gasteiger partial charge in [0.2, 0.25) is 5.88 Å². The van der Waals surface area contributed by atoms with Gasteiger partial charge >= 0.3 is 0 Å². The van der Waals surface area contributed by atoms with Crippen LogP contribution >= 0.6 is 0 Å². The van der Waals surface area contributed by atoms with Crippen molar-refractivity contribution in [2.24, 2.45) is 12.2 Å². The maximum absolute atomic E-state index is 5.56. The summed E-state index contributed by atoms with van der Waals surface area (Å²) in [5, 5.41) is 8.86. The summed E-state index contributed by atoms with van der Waals surface area (Å²) in [7, 11) is 3.66. The zero-order chi connectivity index (χ0) is 20.7. The Labute approximate surface area is 173 Å². The molecule has 0 bridgehead atoms. The lowest BCUT2D eigenvalue weighted by Crippen LogP contribution is -2.37. The highest BCUT2D eigenvalue weighted by Gasteiger charge is 2.24. The van der Waals surface area contributed by atoms with Crippen LogP contribution in [0.3, 0.4) is 0 Å². The molecule has 8 nitrogen and oxygen atoms in total. The lowest BCUT2D eigenvalue weighted by molar-refractivity contribution is 0.107. The quantitative estimate of drug-likeness (QED) is 0.568. The van der Waals surface area contributed by atoms with Crippen LogP contribution in [-0.4, -0.2) is 38.7 Å². The number of hydrogen-bond acceptors (Lipinski definition) is 6. The van der Waals surface area contributed by atoms with E-state index in [1.54, 1.807) is 13.4 Å². The topological polar surface area (TPSA) is 78.5 Å². The van der Waals surface area contributed by atoms with Crippen LogP contribution in [0.4, 0.5) is 0 Å². The van der Waals surface area contributed by atoms with Crippen molar-refractivity contribution in [3.8, 4) is 11.6 Å². The number of methoxy groups -OCH3 is 1. The van der Waals surface area contributed by atoms with Crippen molar-refractivity contribution in [2.45, 2.75) is 13.0 Å². The normalized spacial score (nSPS) is 16.1. The highest BCUT2D eigenvalue weighted by Crippen LogP contribution is 2.26. The molecule has 1 unspecified atom stereocenters. The Morgan fingerprint density at radius 3 is 2.83 bits per heavy atom. The summed E-state index contributed by atoms with van der Waals surface area (Å²) in [6.07, 6.45) is 3.67. The molecule has 1 aliphatic rings. The van der Waals surface area contributed by atoms with Crippen LogP contribution in [0.1, 0.15) is 23.1 Å². The molecular weight excluding hydrogens is 380 g/mol. The van der Waals surface area contributed by atoms with E-state index in [-0.39, 0.29) is 6.04 Å². The van der Waals surface area contributed by atoms with Crippen molar-refractivity contribution in [2.75, 3.05) is 13.7 Å². The molecule has 152 valence electrons. The molecule has 4 aromatic rings. The van der Waals surface area contributed by atoms with Crippen molar-refractivity contribution in [3.05, 3.63) is 72.1 Å². The van der Waals surface area contributed by atoms with Gasteiger partial charge in [-0.2, -0.15) is 0 Å². The number of imidazole rings is 1. The zero-order valence-corrected chi connectivity index (χ0v) is 17.0.